The number of hydrogen-bond donors (Lipinski definition) is 0. The standard InChI is InChI=1S/C65H61N3O6/c1-63(2,3)58-47-49(59-60(69)66(4)62(71)67(5)61(59)70)46-57(74-58)41-38-48-36-39-56(40-37-48)68(42-44-72-64(50-24-12-6-13-25-50,51-26-14-7-15-27-51)52-28-16-8-17-29-52)43-45-73-65(53-30-18-9-19-31-53,54-32-20-10-21-33-54)55-34-22-11-23-35-55/h6-41,46-47H,42-45H2,1-5H3/b41-38+. The van der Waals surface area contributed by atoms with Crippen LogP contribution in [0.3, 0.4) is 0 Å². The van der Waals surface area contributed by atoms with Crippen molar-refractivity contribution in [1.82, 2.24) is 9.80 Å². The molecule has 0 atom stereocenters. The number of carbonyl (C=O) groups is 3. The molecule has 9 rings (SSSR count). The van der Waals surface area contributed by atoms with Crippen LogP contribution in [0.4, 0.5) is 10.5 Å². The minimum absolute atomic E-state index is 0.0925. The molecule has 2 heterocycles. The highest BCUT2D eigenvalue weighted by atomic mass is 16.5. The van der Waals surface area contributed by atoms with Gasteiger partial charge in [0, 0.05) is 38.3 Å². The minimum atomic E-state index is -0.905. The molecule has 0 N–H and O–H groups in total. The number of imide groups is 2. The molecule has 0 aliphatic carbocycles. The van der Waals surface area contributed by atoms with Gasteiger partial charge in [0.25, 0.3) is 11.8 Å². The zero-order valence-electron chi connectivity index (χ0n) is 42.6. The monoisotopic (exact) mass is 979 g/mol. The normalized spacial score (nSPS) is 14.5. The number of likely N-dealkylation sites (N-methyl/N-ethyl adjacent to an activating group) is 2. The minimum Gasteiger partial charge on any atom is -0.461 e. The van der Waals surface area contributed by atoms with Crippen molar-refractivity contribution in [2.24, 2.45) is 5.41 Å². The van der Waals surface area contributed by atoms with E-state index in [1.54, 1.807) is 12.2 Å². The van der Waals surface area contributed by atoms with E-state index in [9.17, 15) is 14.4 Å². The molecule has 7 aromatic rings. The van der Waals surface area contributed by atoms with Crippen molar-refractivity contribution >= 4 is 29.6 Å². The highest BCUT2D eigenvalue weighted by Crippen LogP contribution is 2.43. The fourth-order valence-corrected chi connectivity index (χ4v) is 9.69. The molecule has 9 heteroatoms. The Morgan fingerprint density at radius 2 is 0.824 bits per heavy atom. The smallest absolute Gasteiger partial charge is 0.333 e. The fraction of sp³-hybridized carbons (Fsp3) is 0.185. The summed E-state index contributed by atoms with van der Waals surface area (Å²) in [5, 5.41) is 0. The van der Waals surface area contributed by atoms with E-state index in [4.69, 9.17) is 14.2 Å². The molecule has 0 bridgehead atoms. The number of allylic oxidation sites excluding steroid dienone is 5. The molecule has 7 aromatic carbocycles. The summed E-state index contributed by atoms with van der Waals surface area (Å²) in [6, 6.07) is 70.1. The number of ether oxygens (including phenoxy) is 3. The zero-order valence-corrected chi connectivity index (χ0v) is 42.6. The Hall–Kier alpha value is -8.37. The Morgan fingerprint density at radius 3 is 1.16 bits per heavy atom. The molecule has 4 amide bonds. The zero-order chi connectivity index (χ0) is 51.7. The Balaban J connectivity index is 1.06. The molecule has 0 spiro atoms. The number of barbiturate groups is 1. The second-order valence-corrected chi connectivity index (χ2v) is 19.4. The van der Waals surface area contributed by atoms with E-state index in [0.717, 1.165) is 54.4 Å². The maximum atomic E-state index is 13.4. The molecule has 372 valence electrons. The fourth-order valence-electron chi connectivity index (χ4n) is 9.69. The van der Waals surface area contributed by atoms with Gasteiger partial charge in [0.05, 0.1) is 13.2 Å². The average molecular weight is 980 g/mol. The van der Waals surface area contributed by atoms with Crippen molar-refractivity contribution in [3.05, 3.63) is 286 Å². The summed E-state index contributed by atoms with van der Waals surface area (Å²) in [7, 11) is 2.75. The van der Waals surface area contributed by atoms with Crippen molar-refractivity contribution < 1.29 is 28.6 Å². The first-order chi connectivity index (χ1) is 35.9. The van der Waals surface area contributed by atoms with Gasteiger partial charge >= 0.3 is 6.03 Å². The molecule has 1 fully saturated rings. The molecule has 9 nitrogen and oxygen atoms in total. The van der Waals surface area contributed by atoms with Gasteiger partial charge in [0.2, 0.25) is 0 Å². The molecule has 0 saturated carbocycles. The third kappa shape index (κ3) is 10.4. The first-order valence-electron chi connectivity index (χ1n) is 25.0. The van der Waals surface area contributed by atoms with E-state index >= 15 is 0 Å². The molecule has 2 aliphatic heterocycles. The van der Waals surface area contributed by atoms with E-state index in [2.05, 4.69) is 175 Å². The summed E-state index contributed by atoms with van der Waals surface area (Å²) in [5.41, 5.74) is 6.05. The highest BCUT2D eigenvalue weighted by molar-refractivity contribution is 6.29. The van der Waals surface area contributed by atoms with Crippen molar-refractivity contribution in [3.63, 3.8) is 0 Å². The number of amides is 4. The largest absolute Gasteiger partial charge is 0.461 e. The summed E-state index contributed by atoms with van der Waals surface area (Å²) in [6.07, 6.45) is 7.15. The lowest BCUT2D eigenvalue weighted by Crippen LogP contribution is -2.53. The summed E-state index contributed by atoms with van der Waals surface area (Å²) < 4.78 is 21.1. The second kappa shape index (κ2) is 22.2. The van der Waals surface area contributed by atoms with Gasteiger partial charge in [-0.15, -0.1) is 0 Å². The van der Waals surface area contributed by atoms with E-state index in [1.165, 1.54) is 14.1 Å². The number of nitrogens with zero attached hydrogens (tertiary/aromatic N) is 3. The first-order valence-corrected chi connectivity index (χ1v) is 25.0. The highest BCUT2D eigenvalue weighted by Gasteiger charge is 2.41. The second-order valence-electron chi connectivity index (χ2n) is 19.4. The van der Waals surface area contributed by atoms with Crippen LogP contribution in [0.1, 0.15) is 59.7 Å². The SMILES string of the molecule is CN1C(=O)C(=C2C=C(/C=C/c3ccc(N(CCOC(c4ccccc4)(c4ccccc4)c4ccccc4)CCOC(c4ccccc4)(c4ccccc4)c4ccccc4)cc3)OC(C(C)(C)C)=C2)C(=O)N(C)C1=O. The topological polar surface area (TPSA) is 88.6 Å². The predicted molar refractivity (Wildman–Crippen MR) is 293 cm³/mol. The first kappa shape index (κ1) is 50.6. The van der Waals surface area contributed by atoms with Gasteiger partial charge in [-0.1, -0.05) is 221 Å². The van der Waals surface area contributed by atoms with Gasteiger partial charge in [-0.2, -0.15) is 0 Å². The van der Waals surface area contributed by atoms with Crippen LogP contribution in [0.2, 0.25) is 0 Å². The molecule has 0 radical (unpaired) electrons. The predicted octanol–water partition coefficient (Wildman–Crippen LogP) is 12.7. The Morgan fingerprint density at radius 1 is 0.473 bits per heavy atom. The van der Waals surface area contributed by atoms with Gasteiger partial charge in [0.15, 0.2) is 0 Å². The summed E-state index contributed by atoms with van der Waals surface area (Å²) in [6.45, 7) is 7.76. The quantitative estimate of drug-likeness (QED) is 0.0510. The van der Waals surface area contributed by atoms with Crippen LogP contribution < -0.4 is 4.90 Å². The summed E-state index contributed by atoms with van der Waals surface area (Å²) in [4.78, 5) is 43.6. The number of carbonyl (C=O) groups excluding carboxylic acids is 3. The lowest BCUT2D eigenvalue weighted by atomic mass is 9.80. The summed E-state index contributed by atoms with van der Waals surface area (Å²) >= 11 is 0. The van der Waals surface area contributed by atoms with Crippen molar-refractivity contribution in [2.75, 3.05) is 45.3 Å². The van der Waals surface area contributed by atoms with Crippen LogP contribution in [0.25, 0.3) is 6.08 Å². The maximum absolute atomic E-state index is 13.4. The van der Waals surface area contributed by atoms with Crippen molar-refractivity contribution in [1.29, 1.82) is 0 Å². The maximum Gasteiger partial charge on any atom is 0.333 e. The Kier molecular flexibility index (Phi) is 15.2. The average Bonchev–Trinajstić information content (AvgIpc) is 3.44. The number of benzene rings is 7. The van der Waals surface area contributed by atoms with Crippen LogP contribution in [0, 0.1) is 5.41 Å². The number of urea groups is 1. The van der Waals surface area contributed by atoms with E-state index in [0.29, 0.717) is 43.4 Å². The van der Waals surface area contributed by atoms with E-state index < -0.39 is 34.5 Å². The van der Waals surface area contributed by atoms with Crippen LogP contribution in [-0.2, 0) is 35.0 Å². The van der Waals surface area contributed by atoms with Crippen molar-refractivity contribution in [2.45, 2.75) is 32.0 Å². The third-order valence-corrected chi connectivity index (χ3v) is 13.6. The van der Waals surface area contributed by atoms with Crippen LogP contribution >= 0.6 is 0 Å². The molecule has 0 unspecified atom stereocenters. The van der Waals surface area contributed by atoms with Gasteiger partial charge in [-0.3, -0.25) is 19.4 Å². The van der Waals surface area contributed by atoms with E-state index in [1.807, 2.05) is 69.3 Å². The third-order valence-electron chi connectivity index (χ3n) is 13.6. The molecule has 0 aromatic heterocycles. The van der Waals surface area contributed by atoms with Crippen molar-refractivity contribution in [3.8, 4) is 0 Å². The van der Waals surface area contributed by atoms with E-state index in [-0.39, 0.29) is 5.57 Å². The van der Waals surface area contributed by atoms with Gasteiger partial charge in [0.1, 0.15) is 28.3 Å². The van der Waals surface area contributed by atoms with Gasteiger partial charge in [-0.05, 0) is 74.9 Å². The Labute approximate surface area is 435 Å². The summed E-state index contributed by atoms with van der Waals surface area (Å²) in [5.74, 6) is -0.300. The van der Waals surface area contributed by atoms with Gasteiger partial charge in [-0.25, -0.2) is 4.79 Å². The van der Waals surface area contributed by atoms with Crippen LogP contribution in [0.5, 0.6) is 0 Å². The molecular formula is C65H61N3O6. The number of rotatable bonds is 17. The molecule has 74 heavy (non-hydrogen) atoms. The number of hydrogen-bond acceptors (Lipinski definition) is 7. The van der Waals surface area contributed by atoms with Crippen LogP contribution in [-0.4, -0.2) is 68.0 Å². The van der Waals surface area contributed by atoms with Crippen LogP contribution in [0.15, 0.2) is 247 Å². The lowest BCUT2D eigenvalue weighted by molar-refractivity contribution is -0.134. The molecule has 2 aliphatic rings. The molecular weight excluding hydrogens is 919 g/mol. The Bertz CT molecular complexity index is 2830. The molecule has 1 saturated heterocycles. The lowest BCUT2D eigenvalue weighted by Gasteiger charge is -2.38. The number of anilines is 1. The van der Waals surface area contributed by atoms with Gasteiger partial charge < -0.3 is 19.1 Å².